The van der Waals surface area contributed by atoms with Gasteiger partial charge in [0.05, 0.1) is 0 Å². The standard InChI is InChI=1S/C30H40N2O4.C7H14.C6H12/c1-21(33)7-13-27(35)25-19-31(17-15-29(25,3)4)23-9-11-24(12-10-23)32-18-16-30(5,6)26(20-32)28(36)14-8-22(2)34;1-2-4-7-5-3-6-7;1-2-3-6-4-5-6/h9-12,19-20H,7-8,13-18H2,1-6H3;7H,2-6H2,1H3;6H,2-5H2,1H3. The molecule has 0 unspecified atom stereocenters. The Bertz CT molecular complexity index is 1240. The predicted octanol–water partition coefficient (Wildman–Crippen LogP) is 10.6. The van der Waals surface area contributed by atoms with Gasteiger partial charge in [-0.2, -0.15) is 0 Å². The van der Waals surface area contributed by atoms with Crippen molar-refractivity contribution < 1.29 is 19.2 Å². The molecule has 2 aliphatic carbocycles. The molecule has 1 aromatic rings. The molecular formula is C43H66N2O4. The number of Topliss-reactive ketones (excluding diaryl/α,β-unsaturated/α-hetero) is 4. The van der Waals surface area contributed by atoms with E-state index in [-0.39, 0.29) is 59.6 Å². The first-order valence-electron chi connectivity index (χ1n) is 19.3. The first kappa shape index (κ1) is 40.4. The van der Waals surface area contributed by atoms with Gasteiger partial charge in [-0.25, -0.2) is 0 Å². The highest BCUT2D eigenvalue weighted by atomic mass is 16.1. The number of carbonyl (C=O) groups excluding carboxylic acids is 4. The topological polar surface area (TPSA) is 74.8 Å². The van der Waals surface area contributed by atoms with Crippen molar-refractivity contribution in [3.63, 3.8) is 0 Å². The van der Waals surface area contributed by atoms with Gasteiger partial charge in [-0.15, -0.1) is 0 Å². The van der Waals surface area contributed by atoms with Gasteiger partial charge < -0.3 is 19.4 Å². The van der Waals surface area contributed by atoms with Crippen LogP contribution in [-0.4, -0.2) is 36.2 Å². The summed E-state index contributed by atoms with van der Waals surface area (Å²) in [5.74, 6) is 2.42. The van der Waals surface area contributed by atoms with Crippen LogP contribution in [0.4, 0.5) is 11.4 Å². The highest BCUT2D eigenvalue weighted by Crippen LogP contribution is 2.40. The zero-order chi connectivity index (χ0) is 36.2. The first-order chi connectivity index (χ1) is 23.2. The Labute approximate surface area is 298 Å². The van der Waals surface area contributed by atoms with E-state index in [4.69, 9.17) is 0 Å². The number of carbonyl (C=O) groups is 4. The molecule has 0 saturated heterocycles. The van der Waals surface area contributed by atoms with Crippen LogP contribution in [0, 0.1) is 22.7 Å². The van der Waals surface area contributed by atoms with Crippen molar-refractivity contribution in [2.75, 3.05) is 22.9 Å². The summed E-state index contributed by atoms with van der Waals surface area (Å²) >= 11 is 0. The number of hydrogen-bond donors (Lipinski definition) is 0. The zero-order valence-corrected chi connectivity index (χ0v) is 32.2. The lowest BCUT2D eigenvalue weighted by molar-refractivity contribution is -0.121. The van der Waals surface area contributed by atoms with Gasteiger partial charge >= 0.3 is 0 Å². The quantitative estimate of drug-likeness (QED) is 0.195. The average Bonchev–Trinajstić information content (AvgIpc) is 3.85. The molecule has 49 heavy (non-hydrogen) atoms. The van der Waals surface area contributed by atoms with Gasteiger partial charge in [0.15, 0.2) is 11.6 Å². The lowest BCUT2D eigenvalue weighted by Crippen LogP contribution is -2.35. The second kappa shape index (κ2) is 18.8. The molecule has 4 aliphatic rings. The van der Waals surface area contributed by atoms with E-state index in [0.29, 0.717) is 0 Å². The van der Waals surface area contributed by atoms with Gasteiger partial charge in [-0.3, -0.25) is 9.59 Å². The van der Waals surface area contributed by atoms with E-state index in [0.717, 1.165) is 60.3 Å². The van der Waals surface area contributed by atoms with Gasteiger partial charge in [-0.05, 0) is 73.6 Å². The monoisotopic (exact) mass is 675 g/mol. The number of nitrogens with zero attached hydrogens (tertiary/aromatic N) is 2. The molecule has 0 N–H and O–H groups in total. The number of benzene rings is 1. The summed E-state index contributed by atoms with van der Waals surface area (Å²) in [5.41, 5.74) is 3.11. The Kier molecular flexibility index (Phi) is 15.5. The van der Waals surface area contributed by atoms with E-state index in [1.165, 1.54) is 71.6 Å². The number of anilines is 2. The van der Waals surface area contributed by atoms with Crippen molar-refractivity contribution in [2.45, 2.75) is 152 Å². The molecule has 0 radical (unpaired) electrons. The molecule has 5 rings (SSSR count). The Balaban J connectivity index is 0.000000412. The third-order valence-electron chi connectivity index (χ3n) is 10.8. The van der Waals surface area contributed by atoms with E-state index in [1.807, 2.05) is 36.7 Å². The van der Waals surface area contributed by atoms with E-state index < -0.39 is 0 Å². The summed E-state index contributed by atoms with van der Waals surface area (Å²) in [6, 6.07) is 8.19. The SMILES string of the molecule is CC(=O)CCC(=O)C1=CN(c2ccc(N3C=C(C(=O)CCC(C)=O)C(C)(C)CC3)cc2)CCC1(C)C.CCCC1CC1.CCCC1CCC1. The minimum absolute atomic E-state index is 0.0314. The molecule has 6 nitrogen and oxygen atoms in total. The van der Waals surface area contributed by atoms with E-state index >= 15 is 0 Å². The Hall–Kier alpha value is -3.02. The minimum atomic E-state index is -0.221. The van der Waals surface area contributed by atoms with Gasteiger partial charge in [-0.1, -0.05) is 99.3 Å². The summed E-state index contributed by atoms with van der Waals surface area (Å²) in [6.45, 7) is 17.5. The number of ketones is 4. The fraction of sp³-hybridized carbons (Fsp3) is 0.674. The van der Waals surface area contributed by atoms with Gasteiger partial charge in [0.2, 0.25) is 0 Å². The maximum atomic E-state index is 12.9. The van der Waals surface area contributed by atoms with Crippen LogP contribution in [0.25, 0.3) is 0 Å². The number of hydrogen-bond acceptors (Lipinski definition) is 6. The van der Waals surface area contributed by atoms with Crippen molar-refractivity contribution in [1.29, 1.82) is 0 Å². The van der Waals surface area contributed by atoms with Crippen LogP contribution < -0.4 is 9.80 Å². The van der Waals surface area contributed by atoms with Gasteiger partial charge in [0, 0.05) is 73.7 Å². The second-order valence-corrected chi connectivity index (χ2v) is 16.3. The van der Waals surface area contributed by atoms with Crippen LogP contribution in [0.3, 0.4) is 0 Å². The summed E-state index contributed by atoms with van der Waals surface area (Å²) in [5, 5.41) is 0. The molecule has 2 heterocycles. The minimum Gasteiger partial charge on any atom is -0.348 e. The zero-order valence-electron chi connectivity index (χ0n) is 32.2. The van der Waals surface area contributed by atoms with E-state index in [1.54, 1.807) is 0 Å². The fourth-order valence-corrected chi connectivity index (χ4v) is 6.85. The third kappa shape index (κ3) is 13.0. The van der Waals surface area contributed by atoms with Gasteiger partial charge in [0.1, 0.15) is 11.6 Å². The van der Waals surface area contributed by atoms with Crippen molar-refractivity contribution in [3.05, 3.63) is 47.8 Å². The molecule has 0 bridgehead atoms. The normalized spacial score (nSPS) is 19.6. The summed E-state index contributed by atoms with van der Waals surface area (Å²) in [6.07, 6.45) is 20.0. The highest BCUT2D eigenvalue weighted by Gasteiger charge is 2.34. The molecule has 0 aromatic heterocycles. The van der Waals surface area contributed by atoms with Crippen LogP contribution in [0.2, 0.25) is 0 Å². The molecule has 6 heteroatoms. The molecule has 2 saturated carbocycles. The molecule has 0 atom stereocenters. The van der Waals surface area contributed by atoms with Crippen LogP contribution >= 0.6 is 0 Å². The Morgan fingerprint density at radius 1 is 0.612 bits per heavy atom. The van der Waals surface area contributed by atoms with Crippen LogP contribution in [0.15, 0.2) is 47.8 Å². The molecule has 2 fully saturated rings. The van der Waals surface area contributed by atoms with Crippen molar-refractivity contribution in [2.24, 2.45) is 22.7 Å². The fourth-order valence-electron chi connectivity index (χ4n) is 6.85. The number of allylic oxidation sites excluding steroid dienone is 2. The molecule has 1 aromatic carbocycles. The van der Waals surface area contributed by atoms with Crippen LogP contribution in [0.5, 0.6) is 0 Å². The average molecular weight is 675 g/mol. The Morgan fingerprint density at radius 3 is 1.24 bits per heavy atom. The van der Waals surface area contributed by atoms with E-state index in [9.17, 15) is 19.2 Å². The summed E-state index contributed by atoms with van der Waals surface area (Å²) < 4.78 is 0. The third-order valence-corrected chi connectivity index (χ3v) is 10.8. The van der Waals surface area contributed by atoms with Crippen molar-refractivity contribution in [1.82, 2.24) is 0 Å². The molecule has 272 valence electrons. The summed E-state index contributed by atoms with van der Waals surface area (Å²) in [7, 11) is 0. The molecular weight excluding hydrogens is 608 g/mol. The smallest absolute Gasteiger partial charge is 0.161 e. The largest absolute Gasteiger partial charge is 0.348 e. The first-order valence-corrected chi connectivity index (χ1v) is 19.3. The summed E-state index contributed by atoms with van der Waals surface area (Å²) in [4.78, 5) is 52.7. The predicted molar refractivity (Wildman–Crippen MR) is 204 cm³/mol. The van der Waals surface area contributed by atoms with Crippen LogP contribution in [0.1, 0.15) is 152 Å². The van der Waals surface area contributed by atoms with Gasteiger partial charge in [0.25, 0.3) is 0 Å². The van der Waals surface area contributed by atoms with Crippen molar-refractivity contribution >= 4 is 34.5 Å². The maximum absolute atomic E-state index is 12.9. The molecule has 0 amide bonds. The van der Waals surface area contributed by atoms with Crippen molar-refractivity contribution in [3.8, 4) is 0 Å². The number of rotatable bonds is 14. The Morgan fingerprint density at radius 2 is 0.980 bits per heavy atom. The maximum Gasteiger partial charge on any atom is 0.161 e. The second-order valence-electron chi connectivity index (χ2n) is 16.3. The van der Waals surface area contributed by atoms with E-state index in [2.05, 4.69) is 51.3 Å². The lowest BCUT2D eigenvalue weighted by atomic mass is 9.76. The lowest BCUT2D eigenvalue weighted by Gasteiger charge is -2.38. The highest BCUT2D eigenvalue weighted by molar-refractivity contribution is 5.99. The van der Waals surface area contributed by atoms with Crippen LogP contribution in [-0.2, 0) is 19.2 Å². The molecule has 2 aliphatic heterocycles. The molecule has 0 spiro atoms.